The van der Waals surface area contributed by atoms with Crippen molar-refractivity contribution in [3.8, 4) is 11.5 Å². The van der Waals surface area contributed by atoms with Gasteiger partial charge in [-0.2, -0.15) is 0 Å². The maximum Gasteiger partial charge on any atom is 0.266 e. The van der Waals surface area contributed by atoms with Crippen LogP contribution in [0.5, 0.6) is 11.5 Å². The Morgan fingerprint density at radius 1 is 1.35 bits per heavy atom. The lowest BCUT2D eigenvalue weighted by atomic mass is 10.1. The number of para-hydroxylation sites is 2. The molecule has 136 valence electrons. The number of carbonyl (C=O) groups is 2. The Bertz CT molecular complexity index is 840. The summed E-state index contributed by atoms with van der Waals surface area (Å²) in [4.78, 5) is 24.4. The van der Waals surface area contributed by atoms with Crippen molar-refractivity contribution in [1.82, 2.24) is 5.32 Å². The minimum absolute atomic E-state index is 0.136. The fraction of sp³-hybridized carbons (Fsp3) is 0.263. The van der Waals surface area contributed by atoms with Crippen molar-refractivity contribution in [2.45, 2.75) is 25.5 Å². The first-order chi connectivity index (χ1) is 12.5. The number of methoxy groups -OCH3 is 1. The second-order valence-corrected chi connectivity index (χ2v) is 5.98. The number of benzene rings is 2. The first kappa shape index (κ1) is 17.7. The van der Waals surface area contributed by atoms with Gasteiger partial charge in [0.15, 0.2) is 17.7 Å². The lowest BCUT2D eigenvalue weighted by Crippen LogP contribution is -2.41. The predicted octanol–water partition coefficient (Wildman–Crippen LogP) is 2.80. The highest BCUT2D eigenvalue weighted by Gasteiger charge is 2.29. The lowest BCUT2D eigenvalue weighted by Gasteiger charge is -2.26. The quantitative estimate of drug-likeness (QED) is 0.862. The van der Waals surface area contributed by atoms with Gasteiger partial charge in [-0.25, -0.2) is 4.39 Å². The fourth-order valence-corrected chi connectivity index (χ4v) is 2.73. The summed E-state index contributed by atoms with van der Waals surface area (Å²) in [6.45, 7) is 1.73. The Morgan fingerprint density at radius 2 is 2.12 bits per heavy atom. The van der Waals surface area contributed by atoms with Crippen LogP contribution in [0.15, 0.2) is 42.5 Å². The summed E-state index contributed by atoms with van der Waals surface area (Å²) in [6.07, 6.45) is -1.05. The monoisotopic (exact) mass is 358 g/mol. The number of halogens is 1. The molecule has 0 unspecified atom stereocenters. The van der Waals surface area contributed by atoms with Crippen molar-refractivity contribution < 1.29 is 23.5 Å². The van der Waals surface area contributed by atoms with Gasteiger partial charge in [0.05, 0.1) is 25.3 Å². The van der Waals surface area contributed by atoms with Crippen LogP contribution in [0.4, 0.5) is 10.1 Å². The van der Waals surface area contributed by atoms with Crippen LogP contribution in [0.1, 0.15) is 24.9 Å². The van der Waals surface area contributed by atoms with Crippen LogP contribution in [-0.2, 0) is 9.59 Å². The molecule has 0 saturated heterocycles. The minimum Gasteiger partial charge on any atom is -0.494 e. The number of hydrogen-bond acceptors (Lipinski definition) is 4. The van der Waals surface area contributed by atoms with Gasteiger partial charge in [0.2, 0.25) is 5.91 Å². The molecule has 6 nitrogen and oxygen atoms in total. The van der Waals surface area contributed by atoms with Crippen LogP contribution in [0.2, 0.25) is 0 Å². The largest absolute Gasteiger partial charge is 0.494 e. The van der Waals surface area contributed by atoms with Gasteiger partial charge < -0.3 is 20.1 Å². The molecular formula is C19H19FN2O4. The summed E-state index contributed by atoms with van der Waals surface area (Å²) in [6, 6.07) is 11.1. The van der Waals surface area contributed by atoms with E-state index in [9.17, 15) is 14.0 Å². The van der Waals surface area contributed by atoms with E-state index < -0.39 is 18.0 Å². The van der Waals surface area contributed by atoms with Crippen molar-refractivity contribution in [1.29, 1.82) is 0 Å². The van der Waals surface area contributed by atoms with Crippen LogP contribution in [0.25, 0.3) is 0 Å². The zero-order valence-corrected chi connectivity index (χ0v) is 14.4. The molecule has 3 rings (SSSR count). The summed E-state index contributed by atoms with van der Waals surface area (Å²) < 4.78 is 24.3. The van der Waals surface area contributed by atoms with E-state index in [-0.39, 0.29) is 24.0 Å². The number of anilines is 1. The molecule has 2 aromatic rings. The van der Waals surface area contributed by atoms with Crippen LogP contribution >= 0.6 is 0 Å². The number of hydrogen-bond donors (Lipinski definition) is 2. The van der Waals surface area contributed by atoms with E-state index in [1.807, 2.05) is 0 Å². The van der Waals surface area contributed by atoms with Gasteiger partial charge in [0.25, 0.3) is 5.91 Å². The third-order valence-corrected chi connectivity index (χ3v) is 4.13. The van der Waals surface area contributed by atoms with E-state index in [0.717, 1.165) is 0 Å². The topological polar surface area (TPSA) is 76.7 Å². The fourth-order valence-electron chi connectivity index (χ4n) is 2.73. The molecule has 1 heterocycles. The molecular weight excluding hydrogens is 339 g/mol. The third-order valence-electron chi connectivity index (χ3n) is 4.13. The van der Waals surface area contributed by atoms with Crippen LogP contribution in [0, 0.1) is 5.82 Å². The molecule has 0 aromatic heterocycles. The Hall–Kier alpha value is -3.09. The summed E-state index contributed by atoms with van der Waals surface area (Å²) in [5, 5.41) is 5.46. The van der Waals surface area contributed by atoms with Crippen molar-refractivity contribution in [3.05, 3.63) is 53.8 Å². The zero-order chi connectivity index (χ0) is 18.7. The van der Waals surface area contributed by atoms with Crippen LogP contribution < -0.4 is 20.1 Å². The number of amides is 2. The second kappa shape index (κ2) is 7.43. The number of fused-ring (bicyclic) bond motifs is 1. The molecule has 0 saturated carbocycles. The number of carbonyl (C=O) groups excluding carboxylic acids is 2. The summed E-state index contributed by atoms with van der Waals surface area (Å²) in [7, 11) is 1.39. The average Bonchev–Trinajstić information content (AvgIpc) is 2.62. The number of rotatable bonds is 5. The van der Waals surface area contributed by atoms with Gasteiger partial charge >= 0.3 is 0 Å². The average molecular weight is 358 g/mol. The van der Waals surface area contributed by atoms with E-state index in [1.165, 1.54) is 19.2 Å². The first-order valence-corrected chi connectivity index (χ1v) is 8.17. The Balaban J connectivity index is 1.62. The van der Waals surface area contributed by atoms with Crippen LogP contribution in [-0.4, -0.2) is 25.0 Å². The zero-order valence-electron chi connectivity index (χ0n) is 14.4. The predicted molar refractivity (Wildman–Crippen MR) is 93.6 cm³/mol. The maximum absolute atomic E-state index is 13.8. The lowest BCUT2D eigenvalue weighted by molar-refractivity contribution is -0.130. The molecule has 0 spiro atoms. The SMILES string of the molecule is COc1ccc([C@H](C)NC(=O)C[C@@H]2Oc3ccccc3NC2=O)cc1F. The second-order valence-electron chi connectivity index (χ2n) is 5.98. The molecule has 1 aliphatic heterocycles. The first-order valence-electron chi connectivity index (χ1n) is 8.17. The molecule has 0 aliphatic carbocycles. The van der Waals surface area contributed by atoms with E-state index in [1.54, 1.807) is 37.3 Å². The van der Waals surface area contributed by atoms with Crippen molar-refractivity contribution in [2.24, 2.45) is 0 Å². The van der Waals surface area contributed by atoms with Crippen molar-refractivity contribution in [3.63, 3.8) is 0 Å². The number of ether oxygens (including phenoxy) is 2. The van der Waals surface area contributed by atoms with Crippen LogP contribution in [0.3, 0.4) is 0 Å². The van der Waals surface area contributed by atoms with E-state index >= 15 is 0 Å². The van der Waals surface area contributed by atoms with Gasteiger partial charge in [0, 0.05) is 0 Å². The Kier molecular flexibility index (Phi) is 5.06. The standard InChI is InChI=1S/C19H19FN2O4/c1-11(12-7-8-15(25-2)13(20)9-12)21-18(23)10-17-19(24)22-14-5-3-4-6-16(14)26-17/h3-9,11,17H,10H2,1-2H3,(H,21,23)(H,22,24)/t11-,17-/m0/s1. The van der Waals surface area contributed by atoms with E-state index in [4.69, 9.17) is 9.47 Å². The smallest absolute Gasteiger partial charge is 0.266 e. The maximum atomic E-state index is 13.8. The van der Waals surface area contributed by atoms with Gasteiger partial charge in [0.1, 0.15) is 5.75 Å². The Morgan fingerprint density at radius 3 is 2.85 bits per heavy atom. The minimum atomic E-state index is -0.912. The molecule has 0 bridgehead atoms. The highest BCUT2D eigenvalue weighted by Crippen LogP contribution is 2.29. The van der Waals surface area contributed by atoms with Crippen molar-refractivity contribution >= 4 is 17.5 Å². The highest BCUT2D eigenvalue weighted by molar-refractivity contribution is 5.99. The molecule has 2 aromatic carbocycles. The summed E-state index contributed by atoms with van der Waals surface area (Å²) in [5.74, 6) is -0.582. The van der Waals surface area contributed by atoms with Crippen molar-refractivity contribution in [2.75, 3.05) is 12.4 Å². The molecule has 0 fully saturated rings. The molecule has 2 N–H and O–H groups in total. The third kappa shape index (κ3) is 3.77. The van der Waals surface area contributed by atoms with E-state index in [0.29, 0.717) is 17.0 Å². The summed E-state index contributed by atoms with van der Waals surface area (Å²) in [5.41, 5.74) is 1.17. The van der Waals surface area contributed by atoms with E-state index in [2.05, 4.69) is 10.6 Å². The van der Waals surface area contributed by atoms with Gasteiger partial charge in [-0.1, -0.05) is 18.2 Å². The molecule has 7 heteroatoms. The number of nitrogens with one attached hydrogen (secondary N) is 2. The highest BCUT2D eigenvalue weighted by atomic mass is 19.1. The van der Waals surface area contributed by atoms with Gasteiger partial charge in [-0.15, -0.1) is 0 Å². The Labute approximate surface area is 150 Å². The normalized spacial score (nSPS) is 16.7. The molecule has 2 amide bonds. The van der Waals surface area contributed by atoms with Gasteiger partial charge in [-0.3, -0.25) is 9.59 Å². The molecule has 1 aliphatic rings. The summed E-state index contributed by atoms with van der Waals surface area (Å²) >= 11 is 0. The molecule has 26 heavy (non-hydrogen) atoms. The molecule has 2 atom stereocenters. The van der Waals surface area contributed by atoms with Gasteiger partial charge in [-0.05, 0) is 36.8 Å². The molecule has 0 radical (unpaired) electrons.